The van der Waals surface area contributed by atoms with Gasteiger partial charge in [0.15, 0.2) is 8.32 Å². The van der Waals surface area contributed by atoms with E-state index in [1.165, 1.54) is 11.0 Å². The molecule has 0 aromatic carbocycles. The summed E-state index contributed by atoms with van der Waals surface area (Å²) in [6, 6.07) is -0.239. The predicted octanol–water partition coefficient (Wildman–Crippen LogP) is 3.64. The van der Waals surface area contributed by atoms with Crippen molar-refractivity contribution in [1.29, 1.82) is 0 Å². The Kier molecular flexibility index (Phi) is 7.47. The fourth-order valence-electron chi connectivity index (χ4n) is 4.42. The van der Waals surface area contributed by atoms with E-state index in [9.17, 15) is 14.7 Å². The summed E-state index contributed by atoms with van der Waals surface area (Å²) in [5.74, 6) is -0.664. The zero-order valence-electron chi connectivity index (χ0n) is 19.7. The Morgan fingerprint density at radius 3 is 2.60 bits per heavy atom. The first kappa shape index (κ1) is 24.9. The minimum absolute atomic E-state index is 0.0394. The van der Waals surface area contributed by atoms with Gasteiger partial charge in [0.1, 0.15) is 12.3 Å². The molecular weight excluding hydrogens is 400 g/mol. The number of carbonyl (C=O) groups is 2. The first-order chi connectivity index (χ1) is 13.8. The molecule has 0 aromatic rings. The third-order valence-corrected chi connectivity index (χ3v) is 11.9. The summed E-state index contributed by atoms with van der Waals surface area (Å²) in [6.45, 7) is 16.5. The molecule has 5 atom stereocenters. The fourth-order valence-corrected chi connectivity index (χ4v) is 5.85. The highest BCUT2D eigenvalue weighted by atomic mass is 28.4. The second kappa shape index (κ2) is 9.00. The van der Waals surface area contributed by atoms with Crippen molar-refractivity contribution in [3.63, 3.8) is 0 Å². The Hall–Kier alpha value is -1.38. The number of β-lactam (4-membered cyclic amide) rings is 1. The minimum Gasteiger partial charge on any atom is -0.445 e. The molecule has 172 valence electrons. The molecule has 7 nitrogen and oxygen atoms in total. The molecule has 1 aliphatic carbocycles. The quantitative estimate of drug-likeness (QED) is 0.273. The Balaban J connectivity index is 2.21. The summed E-state index contributed by atoms with van der Waals surface area (Å²) < 4.78 is 11.7. The average molecular weight is 441 g/mol. The molecule has 2 N–H and O–H groups in total. The van der Waals surface area contributed by atoms with Gasteiger partial charge in [-0.05, 0) is 44.3 Å². The van der Waals surface area contributed by atoms with Crippen LogP contribution in [0.4, 0.5) is 4.79 Å². The molecule has 2 aliphatic rings. The van der Waals surface area contributed by atoms with Gasteiger partial charge in [0.05, 0.1) is 18.1 Å². The predicted molar refractivity (Wildman–Crippen MR) is 119 cm³/mol. The number of nitrogens with zero attached hydrogens (tertiary/aromatic N) is 1. The van der Waals surface area contributed by atoms with Crippen LogP contribution in [0.25, 0.3) is 0 Å². The van der Waals surface area contributed by atoms with Crippen LogP contribution in [0.5, 0.6) is 0 Å². The Morgan fingerprint density at radius 2 is 2.07 bits per heavy atom. The zero-order chi connectivity index (χ0) is 22.9. The summed E-state index contributed by atoms with van der Waals surface area (Å²) in [5, 5.41) is 14.6. The van der Waals surface area contributed by atoms with Crippen LogP contribution in [0.15, 0.2) is 12.7 Å². The molecule has 1 saturated heterocycles. The van der Waals surface area contributed by atoms with Crippen LogP contribution in [0.3, 0.4) is 0 Å². The largest absolute Gasteiger partial charge is 0.445 e. The van der Waals surface area contributed by atoms with Crippen molar-refractivity contribution < 1.29 is 23.9 Å². The average Bonchev–Trinajstić information content (AvgIpc) is 2.62. The lowest BCUT2D eigenvalue weighted by Gasteiger charge is -2.54. The third-order valence-electron chi connectivity index (χ3n) is 7.31. The van der Waals surface area contributed by atoms with Gasteiger partial charge in [-0.3, -0.25) is 9.69 Å². The molecule has 1 heterocycles. The zero-order valence-corrected chi connectivity index (χ0v) is 20.7. The van der Waals surface area contributed by atoms with Crippen LogP contribution >= 0.6 is 0 Å². The summed E-state index contributed by atoms with van der Waals surface area (Å²) >= 11 is 0. The van der Waals surface area contributed by atoms with E-state index in [1.54, 1.807) is 7.05 Å². The Morgan fingerprint density at radius 1 is 1.43 bits per heavy atom. The van der Waals surface area contributed by atoms with E-state index in [-0.39, 0.29) is 41.5 Å². The summed E-state index contributed by atoms with van der Waals surface area (Å²) in [6.07, 6.45) is 3.59. The first-order valence-electron chi connectivity index (χ1n) is 11.0. The number of aliphatic hydroxyl groups is 1. The highest BCUT2D eigenvalue weighted by molar-refractivity contribution is 6.74. The van der Waals surface area contributed by atoms with E-state index < -0.39 is 20.1 Å². The summed E-state index contributed by atoms with van der Waals surface area (Å²) in [7, 11) is -0.484. The van der Waals surface area contributed by atoms with Gasteiger partial charge in [-0.25, -0.2) is 4.79 Å². The van der Waals surface area contributed by atoms with Crippen molar-refractivity contribution in [2.24, 2.45) is 11.8 Å². The second-order valence-electron chi connectivity index (χ2n) is 10.3. The van der Waals surface area contributed by atoms with Crippen LogP contribution in [-0.2, 0) is 14.0 Å². The maximum atomic E-state index is 12.5. The second-order valence-corrected chi connectivity index (χ2v) is 15.1. The maximum absolute atomic E-state index is 12.5. The molecule has 30 heavy (non-hydrogen) atoms. The van der Waals surface area contributed by atoms with Crippen molar-refractivity contribution >= 4 is 20.3 Å². The molecule has 1 saturated carbocycles. The van der Waals surface area contributed by atoms with Crippen LogP contribution in [-0.4, -0.2) is 61.8 Å². The molecule has 8 heteroatoms. The number of hydrogen-bond donors (Lipinski definition) is 2. The number of carbonyl (C=O) groups excluding carboxylic acids is 2. The molecule has 2 amide bonds. The van der Waals surface area contributed by atoms with E-state index in [0.717, 1.165) is 19.3 Å². The SMILES string of the molecule is C=CCOC(=O)N(C)C1(O)CCCC[C@@H]1[C@H]1NC(=O)[C@@H]1[C@@H](C)O[Si](C)(C)C(C)(C)C. The van der Waals surface area contributed by atoms with Gasteiger partial charge in [-0.1, -0.05) is 39.8 Å². The molecule has 1 unspecified atom stereocenters. The van der Waals surface area contributed by atoms with E-state index in [0.29, 0.717) is 6.42 Å². The van der Waals surface area contributed by atoms with E-state index in [4.69, 9.17) is 9.16 Å². The van der Waals surface area contributed by atoms with E-state index in [1.807, 2.05) is 6.92 Å². The number of hydrogen-bond acceptors (Lipinski definition) is 5. The van der Waals surface area contributed by atoms with Crippen LogP contribution < -0.4 is 5.32 Å². The van der Waals surface area contributed by atoms with Gasteiger partial charge in [0.2, 0.25) is 5.91 Å². The Labute approximate surface area is 182 Å². The maximum Gasteiger partial charge on any atom is 0.412 e. The van der Waals surface area contributed by atoms with Crippen molar-refractivity contribution in [1.82, 2.24) is 10.2 Å². The molecule has 0 aromatic heterocycles. The molecule has 0 bridgehead atoms. The molecule has 2 fully saturated rings. The van der Waals surface area contributed by atoms with Gasteiger partial charge in [0.25, 0.3) is 0 Å². The smallest absolute Gasteiger partial charge is 0.412 e. The third kappa shape index (κ3) is 4.75. The number of amides is 2. The summed E-state index contributed by atoms with van der Waals surface area (Å²) in [5.41, 5.74) is -1.37. The van der Waals surface area contributed by atoms with E-state index >= 15 is 0 Å². The first-order valence-corrected chi connectivity index (χ1v) is 13.9. The van der Waals surface area contributed by atoms with Gasteiger partial charge in [-0.15, -0.1) is 0 Å². The van der Waals surface area contributed by atoms with Crippen LogP contribution in [0, 0.1) is 11.8 Å². The summed E-state index contributed by atoms with van der Waals surface area (Å²) in [4.78, 5) is 26.3. The molecule has 2 rings (SSSR count). The standard InChI is InChI=1S/C22H40N2O5Si/c1-9-14-28-20(26)24(6)22(27)13-11-10-12-16(22)18-17(19(25)23-18)15(2)29-30(7,8)21(3,4)5/h9,15-18,27H,1,10-14H2,2-8H3,(H,23,25)/t15-,16-,17-,18-,22?/m1/s1. The Bertz CT molecular complexity index is 662. The van der Waals surface area contributed by atoms with Crippen LogP contribution in [0.1, 0.15) is 53.4 Å². The number of nitrogens with one attached hydrogen (secondary N) is 1. The van der Waals surface area contributed by atoms with Crippen molar-refractivity contribution in [2.75, 3.05) is 13.7 Å². The van der Waals surface area contributed by atoms with Crippen molar-refractivity contribution in [3.05, 3.63) is 12.7 Å². The lowest BCUT2D eigenvalue weighted by molar-refractivity contribution is -0.178. The van der Waals surface area contributed by atoms with E-state index in [2.05, 4.69) is 45.8 Å². The number of rotatable bonds is 7. The van der Waals surface area contributed by atoms with Gasteiger partial charge < -0.3 is 19.6 Å². The lowest BCUT2D eigenvalue weighted by atomic mass is 9.68. The number of ether oxygens (including phenoxy) is 1. The lowest BCUT2D eigenvalue weighted by Crippen LogP contribution is -2.72. The molecule has 0 spiro atoms. The highest BCUT2D eigenvalue weighted by Gasteiger charge is 2.57. The monoisotopic (exact) mass is 440 g/mol. The topological polar surface area (TPSA) is 88.1 Å². The molecule has 1 aliphatic heterocycles. The van der Waals surface area contributed by atoms with Crippen molar-refractivity contribution in [3.8, 4) is 0 Å². The van der Waals surface area contributed by atoms with Gasteiger partial charge >= 0.3 is 6.09 Å². The molecule has 0 radical (unpaired) electrons. The highest BCUT2D eigenvalue weighted by Crippen LogP contribution is 2.45. The minimum atomic E-state index is -2.05. The van der Waals surface area contributed by atoms with Gasteiger partial charge in [0, 0.05) is 13.0 Å². The molecular formula is C22H40N2O5Si. The van der Waals surface area contributed by atoms with Gasteiger partial charge in [-0.2, -0.15) is 0 Å². The normalized spacial score (nSPS) is 30.7. The van der Waals surface area contributed by atoms with Crippen LogP contribution in [0.2, 0.25) is 18.1 Å². The van der Waals surface area contributed by atoms with Crippen molar-refractivity contribution in [2.45, 2.75) is 89.4 Å². The fraction of sp³-hybridized carbons (Fsp3) is 0.818.